The van der Waals surface area contributed by atoms with Crippen LogP contribution in [-0.2, 0) is 6.42 Å². The van der Waals surface area contributed by atoms with Crippen LogP contribution in [-0.4, -0.2) is 19.4 Å². The number of ketones is 1. The van der Waals surface area contributed by atoms with Crippen molar-refractivity contribution in [1.82, 2.24) is 0 Å². The molecule has 0 atom stereocenters. The van der Waals surface area contributed by atoms with Gasteiger partial charge in [0.25, 0.3) is 0 Å². The minimum atomic E-state index is 0.165. The SMILES string of the molecule is CCc1ccc(N(C)CC(=O)c2cc(C)ccc2C)cc1. The van der Waals surface area contributed by atoms with Gasteiger partial charge in [-0.1, -0.05) is 36.8 Å². The van der Waals surface area contributed by atoms with Crippen molar-refractivity contribution in [2.24, 2.45) is 0 Å². The Labute approximate surface area is 127 Å². The Morgan fingerprint density at radius 3 is 2.33 bits per heavy atom. The molecule has 0 unspecified atom stereocenters. The molecule has 0 aliphatic heterocycles. The van der Waals surface area contributed by atoms with Crippen LogP contribution in [0.15, 0.2) is 42.5 Å². The van der Waals surface area contributed by atoms with Gasteiger partial charge in [0.1, 0.15) is 0 Å². The zero-order chi connectivity index (χ0) is 15.4. The van der Waals surface area contributed by atoms with E-state index >= 15 is 0 Å². The number of hydrogen-bond donors (Lipinski definition) is 0. The molecule has 0 saturated carbocycles. The molecule has 0 amide bonds. The molecule has 0 aliphatic rings. The van der Waals surface area contributed by atoms with Crippen LogP contribution < -0.4 is 4.90 Å². The third kappa shape index (κ3) is 3.72. The summed E-state index contributed by atoms with van der Waals surface area (Å²) in [6.45, 7) is 6.55. The van der Waals surface area contributed by atoms with Gasteiger partial charge in [-0.2, -0.15) is 0 Å². The molecule has 0 fully saturated rings. The van der Waals surface area contributed by atoms with Gasteiger partial charge in [0.05, 0.1) is 6.54 Å². The van der Waals surface area contributed by atoms with Crippen LogP contribution >= 0.6 is 0 Å². The third-order valence-corrected chi connectivity index (χ3v) is 3.86. The van der Waals surface area contributed by atoms with Crippen molar-refractivity contribution in [3.63, 3.8) is 0 Å². The van der Waals surface area contributed by atoms with E-state index in [0.29, 0.717) is 6.54 Å². The van der Waals surface area contributed by atoms with Gasteiger partial charge in [-0.3, -0.25) is 4.79 Å². The van der Waals surface area contributed by atoms with Crippen molar-refractivity contribution in [3.05, 3.63) is 64.7 Å². The lowest BCUT2D eigenvalue weighted by molar-refractivity contribution is 0.0999. The van der Waals surface area contributed by atoms with Crippen LogP contribution in [0, 0.1) is 13.8 Å². The lowest BCUT2D eigenvalue weighted by Gasteiger charge is -2.19. The number of likely N-dealkylation sites (N-methyl/N-ethyl adjacent to an activating group) is 1. The smallest absolute Gasteiger partial charge is 0.182 e. The first kappa shape index (κ1) is 15.3. The Hall–Kier alpha value is -2.09. The number of carbonyl (C=O) groups is 1. The van der Waals surface area contributed by atoms with Crippen LogP contribution in [0.1, 0.15) is 34.0 Å². The summed E-state index contributed by atoms with van der Waals surface area (Å²) in [4.78, 5) is 14.5. The van der Waals surface area contributed by atoms with Gasteiger partial charge in [0.2, 0.25) is 0 Å². The van der Waals surface area contributed by atoms with E-state index < -0.39 is 0 Å². The van der Waals surface area contributed by atoms with Crippen molar-refractivity contribution < 1.29 is 4.79 Å². The molecule has 110 valence electrons. The number of carbonyl (C=O) groups excluding carboxylic acids is 1. The molecule has 0 spiro atoms. The normalized spacial score (nSPS) is 10.5. The van der Waals surface area contributed by atoms with Gasteiger partial charge in [0.15, 0.2) is 5.78 Å². The largest absolute Gasteiger partial charge is 0.367 e. The molecule has 0 N–H and O–H groups in total. The second kappa shape index (κ2) is 6.57. The van der Waals surface area contributed by atoms with E-state index in [2.05, 4.69) is 31.2 Å². The Kier molecular flexibility index (Phi) is 4.79. The van der Waals surface area contributed by atoms with Crippen LogP contribution in [0.4, 0.5) is 5.69 Å². The van der Waals surface area contributed by atoms with Crippen LogP contribution in [0.25, 0.3) is 0 Å². The summed E-state index contributed by atoms with van der Waals surface area (Å²) in [6, 6.07) is 14.4. The molecule has 0 aromatic heterocycles. The Morgan fingerprint density at radius 2 is 1.71 bits per heavy atom. The number of benzene rings is 2. The van der Waals surface area contributed by atoms with Gasteiger partial charge in [-0.15, -0.1) is 0 Å². The molecule has 2 rings (SSSR count). The van der Waals surface area contributed by atoms with Crippen LogP contribution in [0.3, 0.4) is 0 Å². The van der Waals surface area contributed by atoms with E-state index in [1.54, 1.807) is 0 Å². The second-order valence-corrected chi connectivity index (χ2v) is 5.62. The van der Waals surface area contributed by atoms with Crippen molar-refractivity contribution in [2.45, 2.75) is 27.2 Å². The fourth-order valence-electron chi connectivity index (χ4n) is 2.41. The summed E-state index contributed by atoms with van der Waals surface area (Å²) >= 11 is 0. The van der Waals surface area contributed by atoms with Gasteiger partial charge >= 0.3 is 0 Å². The molecule has 0 radical (unpaired) electrons. The van der Waals surface area contributed by atoms with Crippen molar-refractivity contribution in [3.8, 4) is 0 Å². The lowest BCUT2D eigenvalue weighted by Crippen LogP contribution is -2.26. The fourth-order valence-corrected chi connectivity index (χ4v) is 2.41. The van der Waals surface area contributed by atoms with Gasteiger partial charge in [0, 0.05) is 18.3 Å². The Bertz CT molecular complexity index is 629. The minimum absolute atomic E-state index is 0.165. The van der Waals surface area contributed by atoms with Gasteiger partial charge in [-0.05, 0) is 49.6 Å². The first-order valence-electron chi connectivity index (χ1n) is 7.41. The first-order valence-corrected chi connectivity index (χ1v) is 7.41. The first-order chi connectivity index (χ1) is 10.0. The highest BCUT2D eigenvalue weighted by molar-refractivity contribution is 6.00. The third-order valence-electron chi connectivity index (χ3n) is 3.86. The maximum atomic E-state index is 12.5. The van der Waals surface area contributed by atoms with E-state index in [1.165, 1.54) is 5.56 Å². The monoisotopic (exact) mass is 281 g/mol. The summed E-state index contributed by atoms with van der Waals surface area (Å²) in [7, 11) is 1.96. The topological polar surface area (TPSA) is 20.3 Å². The summed E-state index contributed by atoms with van der Waals surface area (Å²) in [5, 5.41) is 0. The highest BCUT2D eigenvalue weighted by Crippen LogP contribution is 2.16. The van der Waals surface area contributed by atoms with E-state index in [-0.39, 0.29) is 5.78 Å². The predicted molar refractivity (Wildman–Crippen MR) is 89.3 cm³/mol. The Morgan fingerprint density at radius 1 is 1.05 bits per heavy atom. The lowest BCUT2D eigenvalue weighted by atomic mass is 10.0. The molecule has 0 heterocycles. The van der Waals surface area contributed by atoms with Gasteiger partial charge in [-0.25, -0.2) is 0 Å². The van der Waals surface area contributed by atoms with Crippen molar-refractivity contribution >= 4 is 11.5 Å². The quantitative estimate of drug-likeness (QED) is 0.766. The number of nitrogens with zero attached hydrogens (tertiary/aromatic N) is 1. The number of Topliss-reactive ketones (excluding diaryl/α,β-unsaturated/α-hetero) is 1. The summed E-state index contributed by atoms with van der Waals surface area (Å²) in [5.41, 5.74) is 5.38. The molecule has 2 heteroatoms. The number of rotatable bonds is 5. The standard InChI is InChI=1S/C19H23NO/c1-5-16-8-10-17(11-9-16)20(4)13-19(21)18-12-14(2)6-7-15(18)3/h6-12H,5,13H2,1-4H3. The Balaban J connectivity index is 2.12. The minimum Gasteiger partial charge on any atom is -0.367 e. The number of anilines is 1. The molecule has 2 aromatic carbocycles. The van der Waals surface area contributed by atoms with E-state index in [4.69, 9.17) is 0 Å². The number of aryl methyl sites for hydroxylation is 3. The maximum Gasteiger partial charge on any atom is 0.182 e. The molecule has 2 nitrogen and oxygen atoms in total. The van der Waals surface area contributed by atoms with Crippen LogP contribution in [0.2, 0.25) is 0 Å². The molecule has 2 aromatic rings. The average Bonchev–Trinajstić information content (AvgIpc) is 2.49. The molecule has 0 saturated heterocycles. The predicted octanol–water partition coefficient (Wildman–Crippen LogP) is 4.18. The number of hydrogen-bond acceptors (Lipinski definition) is 2. The summed E-state index contributed by atoms with van der Waals surface area (Å²) in [6.07, 6.45) is 1.03. The molecule has 21 heavy (non-hydrogen) atoms. The highest BCUT2D eigenvalue weighted by Gasteiger charge is 2.12. The maximum absolute atomic E-state index is 12.5. The highest BCUT2D eigenvalue weighted by atomic mass is 16.1. The average molecular weight is 281 g/mol. The van der Waals surface area contributed by atoms with Gasteiger partial charge < -0.3 is 4.90 Å². The van der Waals surface area contributed by atoms with E-state index in [1.807, 2.05) is 44.0 Å². The van der Waals surface area contributed by atoms with Crippen LogP contribution in [0.5, 0.6) is 0 Å². The second-order valence-electron chi connectivity index (χ2n) is 5.62. The molecular formula is C19H23NO. The van der Waals surface area contributed by atoms with Crippen molar-refractivity contribution in [2.75, 3.05) is 18.5 Å². The zero-order valence-corrected chi connectivity index (χ0v) is 13.3. The van der Waals surface area contributed by atoms with E-state index in [0.717, 1.165) is 28.8 Å². The zero-order valence-electron chi connectivity index (χ0n) is 13.3. The molecule has 0 bridgehead atoms. The summed E-state index contributed by atoms with van der Waals surface area (Å²) < 4.78 is 0. The van der Waals surface area contributed by atoms with E-state index in [9.17, 15) is 4.79 Å². The molecule has 0 aliphatic carbocycles. The van der Waals surface area contributed by atoms with Crippen molar-refractivity contribution in [1.29, 1.82) is 0 Å². The molecular weight excluding hydrogens is 258 g/mol. The fraction of sp³-hybridized carbons (Fsp3) is 0.316. The summed E-state index contributed by atoms with van der Waals surface area (Å²) in [5.74, 6) is 0.165.